The summed E-state index contributed by atoms with van der Waals surface area (Å²) >= 11 is 0. The molecule has 0 aromatic heterocycles. The summed E-state index contributed by atoms with van der Waals surface area (Å²) in [6.07, 6.45) is 7.52. The molecule has 0 spiro atoms. The van der Waals surface area contributed by atoms with Crippen LogP contribution in [-0.2, 0) is 0 Å². The van der Waals surface area contributed by atoms with Crippen LogP contribution < -0.4 is 0 Å². The van der Waals surface area contributed by atoms with Gasteiger partial charge in [-0.15, -0.1) is 0 Å². The third-order valence-electron chi connectivity index (χ3n) is 1.61. The van der Waals surface area contributed by atoms with Gasteiger partial charge in [-0.3, -0.25) is 0 Å². The van der Waals surface area contributed by atoms with Gasteiger partial charge >= 0.3 is 0 Å². The van der Waals surface area contributed by atoms with Gasteiger partial charge in [0, 0.05) is 0 Å². The Hall–Kier alpha value is -1.56. The van der Waals surface area contributed by atoms with Crippen molar-refractivity contribution in [3.05, 3.63) is 60.7 Å². The molecule has 0 amide bonds. The minimum Gasteiger partial charge on any atom is -0.0991 e. The van der Waals surface area contributed by atoms with Crippen LogP contribution >= 0.6 is 0 Å². The fourth-order valence-corrected chi connectivity index (χ4v) is 0.898. The van der Waals surface area contributed by atoms with Gasteiger partial charge in [-0.05, 0) is 11.1 Å². The third kappa shape index (κ3) is 1.96. The first-order chi connectivity index (χ1) is 5.88. The summed E-state index contributed by atoms with van der Waals surface area (Å²) in [7, 11) is 0. The van der Waals surface area contributed by atoms with E-state index in [0.29, 0.717) is 0 Å². The first-order valence-corrected chi connectivity index (χ1v) is 3.89. The Balaban J connectivity index is 0.000000157. The normalized spacial score (nSPS) is 10.0. The van der Waals surface area contributed by atoms with Crippen LogP contribution in [0.2, 0.25) is 0 Å². The lowest BCUT2D eigenvalue weighted by Crippen LogP contribution is -1.85. The summed E-state index contributed by atoms with van der Waals surface area (Å²) in [4.78, 5) is 0. The standard InChI is InChI=1S/C8H6.C4H6/c1-2-4-8-6-5-7(8)3-1;1-3-4-2/h1-6H;3-4H,1-2H2. The smallest absolute Gasteiger partial charge is 0.0184 e. The second kappa shape index (κ2) is 4.35. The van der Waals surface area contributed by atoms with Gasteiger partial charge in [0.1, 0.15) is 0 Å². The molecule has 12 heavy (non-hydrogen) atoms. The molecule has 0 nitrogen and oxygen atoms in total. The van der Waals surface area contributed by atoms with Gasteiger partial charge in [-0.25, -0.2) is 0 Å². The molecule has 0 atom stereocenters. The molecule has 0 saturated carbocycles. The molecular weight excluding hydrogens is 144 g/mol. The molecule has 2 rings (SSSR count). The molecule has 0 N–H and O–H groups in total. The fourth-order valence-electron chi connectivity index (χ4n) is 0.898. The van der Waals surface area contributed by atoms with E-state index in [9.17, 15) is 0 Å². The van der Waals surface area contributed by atoms with Crippen LogP contribution in [-0.4, -0.2) is 0 Å². The zero-order valence-electron chi connectivity index (χ0n) is 7.03. The second-order valence-electron chi connectivity index (χ2n) is 2.43. The third-order valence-corrected chi connectivity index (χ3v) is 1.61. The number of benzene rings is 1. The average Bonchev–Trinajstić information content (AvgIpc) is 2.08. The van der Waals surface area contributed by atoms with Crippen LogP contribution in [0.5, 0.6) is 0 Å². The molecule has 0 radical (unpaired) electrons. The fraction of sp³-hybridized carbons (Fsp3) is 0. The summed E-state index contributed by atoms with van der Waals surface area (Å²) in [6.45, 7) is 6.72. The highest BCUT2D eigenvalue weighted by Crippen LogP contribution is 2.21. The van der Waals surface area contributed by atoms with Crippen LogP contribution in [0.4, 0.5) is 0 Å². The van der Waals surface area contributed by atoms with Crippen molar-refractivity contribution in [2.24, 2.45) is 0 Å². The Morgan fingerprint density at radius 2 is 1.25 bits per heavy atom. The second-order valence-corrected chi connectivity index (χ2v) is 2.43. The summed E-state index contributed by atoms with van der Waals surface area (Å²) < 4.78 is 0. The van der Waals surface area contributed by atoms with Gasteiger partial charge < -0.3 is 0 Å². The molecule has 0 fully saturated rings. The quantitative estimate of drug-likeness (QED) is 0.554. The molecule has 0 heteroatoms. The molecule has 0 saturated heterocycles. The van der Waals surface area contributed by atoms with Gasteiger partial charge in [-0.1, -0.05) is 61.7 Å². The highest BCUT2D eigenvalue weighted by atomic mass is 14.0. The molecule has 60 valence electrons. The van der Waals surface area contributed by atoms with Crippen LogP contribution in [0.25, 0.3) is 12.2 Å². The summed E-state index contributed by atoms with van der Waals surface area (Å²) in [5, 5.41) is 0. The van der Waals surface area contributed by atoms with E-state index in [4.69, 9.17) is 0 Å². The first kappa shape index (κ1) is 8.54. The van der Waals surface area contributed by atoms with Crippen molar-refractivity contribution in [1.29, 1.82) is 0 Å². The van der Waals surface area contributed by atoms with Crippen LogP contribution in [0.1, 0.15) is 11.1 Å². The number of hydrogen-bond donors (Lipinski definition) is 0. The van der Waals surface area contributed by atoms with Gasteiger partial charge in [0.15, 0.2) is 0 Å². The number of fused-ring (bicyclic) bond motifs is 1. The molecule has 1 aliphatic carbocycles. The number of hydrogen-bond acceptors (Lipinski definition) is 0. The van der Waals surface area contributed by atoms with E-state index in [1.54, 1.807) is 12.2 Å². The highest BCUT2D eigenvalue weighted by Gasteiger charge is 1.99. The lowest BCUT2D eigenvalue weighted by molar-refractivity contribution is 1.58. The van der Waals surface area contributed by atoms with Crippen LogP contribution in [0.15, 0.2) is 49.6 Å². The Morgan fingerprint density at radius 1 is 0.833 bits per heavy atom. The largest absolute Gasteiger partial charge is 0.0991 e. The minimum absolute atomic E-state index is 1.37. The summed E-state index contributed by atoms with van der Waals surface area (Å²) in [6, 6.07) is 8.36. The van der Waals surface area contributed by atoms with E-state index >= 15 is 0 Å². The molecule has 0 aliphatic heterocycles. The van der Waals surface area contributed by atoms with Crippen LogP contribution in [0, 0.1) is 0 Å². The zero-order valence-corrected chi connectivity index (χ0v) is 7.03. The Morgan fingerprint density at radius 3 is 1.42 bits per heavy atom. The average molecular weight is 156 g/mol. The van der Waals surface area contributed by atoms with E-state index < -0.39 is 0 Å². The molecule has 1 aromatic carbocycles. The van der Waals surface area contributed by atoms with Crippen molar-refractivity contribution in [2.45, 2.75) is 0 Å². The molecule has 0 unspecified atom stereocenters. The maximum absolute atomic E-state index is 3.36. The van der Waals surface area contributed by atoms with Crippen LogP contribution in [0.3, 0.4) is 0 Å². The molecule has 0 bridgehead atoms. The van der Waals surface area contributed by atoms with Crippen molar-refractivity contribution in [3.8, 4) is 0 Å². The van der Waals surface area contributed by atoms with Gasteiger partial charge in [-0.2, -0.15) is 0 Å². The summed E-state index contributed by atoms with van der Waals surface area (Å²) in [5.74, 6) is 0. The minimum atomic E-state index is 1.37. The molecular formula is C12H12. The van der Waals surface area contributed by atoms with Gasteiger partial charge in [0.2, 0.25) is 0 Å². The van der Waals surface area contributed by atoms with Crippen molar-refractivity contribution in [3.63, 3.8) is 0 Å². The Labute approximate surface area is 73.6 Å². The van der Waals surface area contributed by atoms with Crippen molar-refractivity contribution >= 4 is 12.2 Å². The lowest BCUT2D eigenvalue weighted by atomic mass is 9.99. The zero-order chi connectivity index (χ0) is 8.81. The molecule has 0 heterocycles. The van der Waals surface area contributed by atoms with Crippen molar-refractivity contribution in [1.82, 2.24) is 0 Å². The lowest BCUT2D eigenvalue weighted by Gasteiger charge is -2.06. The number of allylic oxidation sites excluding steroid dienone is 2. The molecule has 1 aromatic rings. The van der Waals surface area contributed by atoms with E-state index in [2.05, 4.69) is 49.6 Å². The van der Waals surface area contributed by atoms with E-state index in [1.165, 1.54) is 11.1 Å². The predicted molar refractivity (Wildman–Crippen MR) is 55.8 cm³/mol. The SMILES string of the molecule is C1=Cc2ccccc21.C=CC=C. The Bertz CT molecular complexity index is 275. The predicted octanol–water partition coefficient (Wildman–Crippen LogP) is 3.53. The van der Waals surface area contributed by atoms with Gasteiger partial charge in [0.25, 0.3) is 0 Å². The van der Waals surface area contributed by atoms with Crippen molar-refractivity contribution < 1.29 is 0 Å². The maximum Gasteiger partial charge on any atom is -0.0184 e. The van der Waals surface area contributed by atoms with E-state index in [-0.39, 0.29) is 0 Å². The first-order valence-electron chi connectivity index (χ1n) is 3.89. The van der Waals surface area contributed by atoms with Crippen molar-refractivity contribution in [2.75, 3.05) is 0 Å². The monoisotopic (exact) mass is 156 g/mol. The van der Waals surface area contributed by atoms with E-state index in [0.717, 1.165) is 0 Å². The number of rotatable bonds is 1. The highest BCUT2D eigenvalue weighted by molar-refractivity contribution is 5.85. The molecule has 1 aliphatic rings. The van der Waals surface area contributed by atoms with Gasteiger partial charge in [0.05, 0.1) is 0 Å². The summed E-state index contributed by atoms with van der Waals surface area (Å²) in [5.41, 5.74) is 2.74. The Kier molecular flexibility index (Phi) is 3.09. The maximum atomic E-state index is 3.36. The van der Waals surface area contributed by atoms with E-state index in [1.807, 2.05) is 0 Å². The topological polar surface area (TPSA) is 0 Å².